The minimum absolute atomic E-state index is 0.222. The third kappa shape index (κ3) is 4.72. The summed E-state index contributed by atoms with van der Waals surface area (Å²) < 4.78 is 18.1. The number of carbonyl (C=O) groups is 1. The van der Waals surface area contributed by atoms with E-state index in [0.717, 1.165) is 18.6 Å². The Morgan fingerprint density at radius 2 is 1.61 bits per heavy atom. The topological polar surface area (TPSA) is 51.2 Å². The highest BCUT2D eigenvalue weighted by molar-refractivity contribution is 6.62. The number of hydrogen-bond acceptors (Lipinski definition) is 5. The largest absolute Gasteiger partial charge is 0.494 e. The molecule has 0 atom stereocenters. The number of amides is 1. The summed E-state index contributed by atoms with van der Waals surface area (Å²) in [5.74, 6) is 0.645. The van der Waals surface area contributed by atoms with Crippen LogP contribution in [0.5, 0.6) is 0 Å². The highest BCUT2D eigenvalue weighted by Crippen LogP contribution is 2.44. The van der Waals surface area contributed by atoms with Crippen LogP contribution in [0, 0.1) is 0 Å². The Morgan fingerprint density at radius 1 is 1.03 bits per heavy atom. The molecule has 170 valence electrons. The molecule has 0 spiro atoms. The maximum absolute atomic E-state index is 12.4. The number of ether oxygens (including phenoxy) is 1. The summed E-state index contributed by atoms with van der Waals surface area (Å²) in [5, 5.41) is 0. The summed E-state index contributed by atoms with van der Waals surface area (Å²) in [6, 6.07) is 6.67. The average Bonchev–Trinajstić information content (AvgIpc) is 3.47. The predicted octanol–water partition coefficient (Wildman–Crippen LogP) is 3.92. The maximum atomic E-state index is 12.4. The van der Waals surface area contributed by atoms with Gasteiger partial charge in [0.1, 0.15) is 5.60 Å². The second kappa shape index (κ2) is 7.70. The molecule has 0 radical (unpaired) electrons. The highest BCUT2D eigenvalue weighted by Gasteiger charge is 2.52. The Bertz CT molecular complexity index is 820. The molecule has 3 aliphatic rings. The van der Waals surface area contributed by atoms with E-state index in [-0.39, 0.29) is 24.4 Å². The minimum Gasteiger partial charge on any atom is -0.444 e. The van der Waals surface area contributed by atoms with Gasteiger partial charge in [0.25, 0.3) is 0 Å². The van der Waals surface area contributed by atoms with Gasteiger partial charge in [-0.05, 0) is 84.3 Å². The van der Waals surface area contributed by atoms with Gasteiger partial charge in [0.2, 0.25) is 0 Å². The Morgan fingerprint density at radius 3 is 2.13 bits per heavy atom. The van der Waals surface area contributed by atoms with Crippen LogP contribution in [0.1, 0.15) is 72.8 Å². The molecule has 0 N–H and O–H groups in total. The first-order valence-corrected chi connectivity index (χ1v) is 11.6. The van der Waals surface area contributed by atoms with Gasteiger partial charge in [0, 0.05) is 31.9 Å². The zero-order valence-corrected chi connectivity index (χ0v) is 20.2. The van der Waals surface area contributed by atoms with Crippen LogP contribution in [0.25, 0.3) is 0 Å². The molecule has 1 aliphatic carbocycles. The van der Waals surface area contributed by atoms with E-state index in [1.807, 2.05) is 25.7 Å². The molecule has 31 heavy (non-hydrogen) atoms. The SMILES string of the molecule is CC(C)(C)OC(=O)N1CCN(c2cc(B3OC(C)(C)C(C)(C)O3)ccc2C2CC2)CC1. The Hall–Kier alpha value is -1.73. The summed E-state index contributed by atoms with van der Waals surface area (Å²) in [7, 11) is -0.361. The van der Waals surface area contributed by atoms with E-state index >= 15 is 0 Å². The number of benzene rings is 1. The number of carbonyl (C=O) groups excluding carboxylic acids is 1. The first-order chi connectivity index (χ1) is 14.4. The molecule has 1 aromatic carbocycles. The van der Waals surface area contributed by atoms with Gasteiger partial charge in [-0.15, -0.1) is 0 Å². The molecule has 7 heteroatoms. The van der Waals surface area contributed by atoms with Crippen molar-refractivity contribution in [3.05, 3.63) is 23.8 Å². The summed E-state index contributed by atoms with van der Waals surface area (Å²) in [6.45, 7) is 17.0. The van der Waals surface area contributed by atoms with Crippen LogP contribution in [-0.2, 0) is 14.0 Å². The van der Waals surface area contributed by atoms with Crippen molar-refractivity contribution in [1.29, 1.82) is 0 Å². The molecule has 0 unspecified atom stereocenters. The number of nitrogens with zero attached hydrogens (tertiary/aromatic N) is 2. The number of hydrogen-bond donors (Lipinski definition) is 0. The molecule has 6 nitrogen and oxygen atoms in total. The van der Waals surface area contributed by atoms with Crippen molar-refractivity contribution >= 4 is 24.4 Å². The number of piperazine rings is 1. The van der Waals surface area contributed by atoms with Crippen molar-refractivity contribution < 1.29 is 18.8 Å². The van der Waals surface area contributed by atoms with Crippen LogP contribution in [0.15, 0.2) is 18.2 Å². The van der Waals surface area contributed by atoms with Gasteiger partial charge in [0.05, 0.1) is 11.2 Å². The van der Waals surface area contributed by atoms with Crippen LogP contribution < -0.4 is 10.4 Å². The normalized spacial score (nSPS) is 23.3. The van der Waals surface area contributed by atoms with Gasteiger partial charge in [0.15, 0.2) is 0 Å². The van der Waals surface area contributed by atoms with Crippen molar-refractivity contribution in [2.75, 3.05) is 31.1 Å². The van der Waals surface area contributed by atoms with E-state index < -0.39 is 5.60 Å². The molecule has 1 aromatic rings. The Kier molecular flexibility index (Phi) is 5.58. The lowest BCUT2D eigenvalue weighted by Gasteiger charge is -2.37. The standard InChI is InChI=1S/C24H37BN2O4/c1-22(2,3)29-21(28)27-14-12-26(13-15-27)20-16-18(10-11-19(20)17-8-9-17)25-30-23(4,5)24(6,7)31-25/h10-11,16-17H,8-9,12-15H2,1-7H3. The zero-order valence-electron chi connectivity index (χ0n) is 20.2. The van der Waals surface area contributed by atoms with Gasteiger partial charge in [-0.2, -0.15) is 0 Å². The van der Waals surface area contributed by atoms with Crippen LogP contribution >= 0.6 is 0 Å². The Balaban J connectivity index is 1.51. The van der Waals surface area contributed by atoms with Gasteiger partial charge in [-0.3, -0.25) is 0 Å². The van der Waals surface area contributed by atoms with Crippen molar-refractivity contribution in [3.8, 4) is 0 Å². The maximum Gasteiger partial charge on any atom is 0.494 e. The van der Waals surface area contributed by atoms with E-state index in [1.165, 1.54) is 24.1 Å². The zero-order chi connectivity index (χ0) is 22.6. The molecule has 0 aromatic heterocycles. The van der Waals surface area contributed by atoms with Crippen LogP contribution in [0.2, 0.25) is 0 Å². The second-order valence-electron chi connectivity index (χ2n) is 11.1. The molecular formula is C24H37BN2O4. The highest BCUT2D eigenvalue weighted by atomic mass is 16.7. The molecule has 4 rings (SSSR count). The number of anilines is 1. The fourth-order valence-corrected chi connectivity index (χ4v) is 4.16. The van der Waals surface area contributed by atoms with E-state index in [0.29, 0.717) is 19.0 Å². The molecule has 1 amide bonds. The van der Waals surface area contributed by atoms with Crippen LogP contribution in [0.3, 0.4) is 0 Å². The molecule has 2 saturated heterocycles. The molecule has 1 saturated carbocycles. The third-order valence-electron chi connectivity index (χ3n) is 6.87. The van der Waals surface area contributed by atoms with Crippen molar-refractivity contribution in [2.24, 2.45) is 0 Å². The lowest BCUT2D eigenvalue weighted by molar-refractivity contribution is 0.00578. The second-order valence-corrected chi connectivity index (χ2v) is 11.1. The molecule has 2 heterocycles. The van der Waals surface area contributed by atoms with Crippen LogP contribution in [-0.4, -0.2) is 61.1 Å². The van der Waals surface area contributed by atoms with E-state index in [2.05, 4.69) is 50.8 Å². The van der Waals surface area contributed by atoms with Gasteiger partial charge < -0.3 is 23.8 Å². The lowest BCUT2D eigenvalue weighted by Crippen LogP contribution is -2.50. The summed E-state index contributed by atoms with van der Waals surface area (Å²) >= 11 is 0. The molecule has 3 fully saturated rings. The van der Waals surface area contributed by atoms with Crippen molar-refractivity contribution in [3.63, 3.8) is 0 Å². The number of rotatable bonds is 3. The molecule has 2 aliphatic heterocycles. The average molecular weight is 428 g/mol. The van der Waals surface area contributed by atoms with Crippen molar-refractivity contribution in [1.82, 2.24) is 4.90 Å². The minimum atomic E-state index is -0.468. The fourth-order valence-electron chi connectivity index (χ4n) is 4.16. The first kappa shape index (κ1) is 22.5. The smallest absolute Gasteiger partial charge is 0.444 e. The Labute approximate surface area is 187 Å². The lowest BCUT2D eigenvalue weighted by atomic mass is 9.78. The van der Waals surface area contributed by atoms with E-state index in [1.54, 1.807) is 0 Å². The van der Waals surface area contributed by atoms with E-state index in [4.69, 9.17) is 14.0 Å². The van der Waals surface area contributed by atoms with Crippen LogP contribution in [0.4, 0.5) is 10.5 Å². The monoisotopic (exact) mass is 428 g/mol. The summed E-state index contributed by atoms with van der Waals surface area (Å²) in [5.41, 5.74) is 2.56. The quantitative estimate of drug-likeness (QED) is 0.684. The summed E-state index contributed by atoms with van der Waals surface area (Å²) in [4.78, 5) is 16.7. The third-order valence-corrected chi connectivity index (χ3v) is 6.87. The fraction of sp³-hybridized carbons (Fsp3) is 0.708. The van der Waals surface area contributed by atoms with Gasteiger partial charge in [-0.25, -0.2) is 4.79 Å². The van der Waals surface area contributed by atoms with Crippen molar-refractivity contribution in [2.45, 2.75) is 84.0 Å². The predicted molar refractivity (Wildman–Crippen MR) is 124 cm³/mol. The molecule has 0 bridgehead atoms. The molecular weight excluding hydrogens is 391 g/mol. The summed E-state index contributed by atoms with van der Waals surface area (Å²) in [6.07, 6.45) is 2.28. The van der Waals surface area contributed by atoms with Gasteiger partial charge in [-0.1, -0.05) is 12.1 Å². The van der Waals surface area contributed by atoms with Gasteiger partial charge >= 0.3 is 13.2 Å². The van der Waals surface area contributed by atoms with E-state index in [9.17, 15) is 4.79 Å². The first-order valence-electron chi connectivity index (χ1n) is 11.6.